The molecule has 0 spiro atoms. The number of aromatic nitrogens is 1. The maximum Gasteiger partial charge on any atom is 0.232 e. The van der Waals surface area contributed by atoms with Crippen LogP contribution in [0.4, 0.5) is 5.69 Å². The number of pyridine rings is 1. The molecule has 0 aliphatic heterocycles. The Bertz CT molecular complexity index is 481. The minimum absolute atomic E-state index is 0.00108. The van der Waals surface area contributed by atoms with E-state index in [0.717, 1.165) is 0 Å². The lowest BCUT2D eigenvalue weighted by Gasteiger charge is -2.08. The summed E-state index contributed by atoms with van der Waals surface area (Å²) in [6, 6.07) is 1.56. The standard InChI is InChI=1S/C9H12BrClN2O3S/c1-16-3-2-4-17(14,15)13-7-5-8(10)9(11)12-6-7/h5-6,13H,2-4H2,1H3. The van der Waals surface area contributed by atoms with Gasteiger partial charge in [0.2, 0.25) is 10.0 Å². The molecule has 1 N–H and O–H groups in total. The van der Waals surface area contributed by atoms with E-state index in [4.69, 9.17) is 16.3 Å². The predicted octanol–water partition coefficient (Wildman–Crippen LogP) is 2.28. The Kier molecular flexibility index (Phi) is 5.64. The molecule has 0 fully saturated rings. The van der Waals surface area contributed by atoms with Gasteiger partial charge in [0.05, 0.1) is 22.1 Å². The zero-order chi connectivity index (χ0) is 12.9. The maximum atomic E-state index is 11.6. The van der Waals surface area contributed by atoms with Gasteiger partial charge in [-0.2, -0.15) is 0 Å². The van der Waals surface area contributed by atoms with Crippen LogP contribution in [0.2, 0.25) is 5.15 Å². The summed E-state index contributed by atoms with van der Waals surface area (Å²) in [5.41, 5.74) is 0.374. The second-order valence-corrected chi connectivity index (χ2v) is 6.32. The zero-order valence-corrected chi connectivity index (χ0v) is 12.3. The van der Waals surface area contributed by atoms with Crippen molar-refractivity contribution in [1.29, 1.82) is 0 Å². The van der Waals surface area contributed by atoms with E-state index < -0.39 is 10.0 Å². The molecule has 1 rings (SSSR count). The van der Waals surface area contributed by atoms with Gasteiger partial charge in [0.1, 0.15) is 5.15 Å². The number of anilines is 1. The van der Waals surface area contributed by atoms with Crippen LogP contribution >= 0.6 is 27.5 Å². The quantitative estimate of drug-likeness (QED) is 0.635. The van der Waals surface area contributed by atoms with Crippen LogP contribution in [0.5, 0.6) is 0 Å². The summed E-state index contributed by atoms with van der Waals surface area (Å²) in [6.45, 7) is 0.406. The van der Waals surface area contributed by atoms with Crippen LogP contribution < -0.4 is 4.72 Å². The normalized spacial score (nSPS) is 11.5. The number of methoxy groups -OCH3 is 1. The van der Waals surface area contributed by atoms with Crippen molar-refractivity contribution in [2.45, 2.75) is 6.42 Å². The van der Waals surface area contributed by atoms with Gasteiger partial charge in [-0.3, -0.25) is 4.72 Å². The third-order valence-electron chi connectivity index (χ3n) is 1.83. The molecule has 1 aromatic heterocycles. The highest BCUT2D eigenvalue weighted by molar-refractivity contribution is 9.10. The summed E-state index contributed by atoms with van der Waals surface area (Å²) in [5, 5.41) is 0.285. The van der Waals surface area contributed by atoms with E-state index in [1.54, 1.807) is 6.07 Å². The van der Waals surface area contributed by atoms with Crippen LogP contribution in [0.1, 0.15) is 6.42 Å². The molecule has 1 heterocycles. The molecule has 0 saturated carbocycles. The number of rotatable bonds is 6. The number of halogens is 2. The molecule has 17 heavy (non-hydrogen) atoms. The lowest BCUT2D eigenvalue weighted by atomic mass is 10.4. The van der Waals surface area contributed by atoms with Crippen molar-refractivity contribution in [3.63, 3.8) is 0 Å². The van der Waals surface area contributed by atoms with E-state index in [1.165, 1.54) is 13.3 Å². The molecule has 8 heteroatoms. The number of hydrogen-bond acceptors (Lipinski definition) is 4. The maximum absolute atomic E-state index is 11.6. The highest BCUT2D eigenvalue weighted by atomic mass is 79.9. The van der Waals surface area contributed by atoms with E-state index in [-0.39, 0.29) is 10.9 Å². The first kappa shape index (κ1) is 14.7. The summed E-state index contributed by atoms with van der Waals surface area (Å²) < 4.78 is 31.0. The van der Waals surface area contributed by atoms with Gasteiger partial charge in [-0.25, -0.2) is 13.4 Å². The third kappa shape index (κ3) is 5.20. The third-order valence-corrected chi connectivity index (χ3v) is 4.34. The molecule has 0 saturated heterocycles. The molecule has 0 unspecified atom stereocenters. The molecular weight excluding hydrogens is 332 g/mol. The van der Waals surface area contributed by atoms with Crippen molar-refractivity contribution < 1.29 is 13.2 Å². The summed E-state index contributed by atoms with van der Waals surface area (Å²) in [4.78, 5) is 3.83. The second kappa shape index (κ2) is 6.53. The van der Waals surface area contributed by atoms with Gasteiger partial charge in [0.15, 0.2) is 0 Å². The van der Waals surface area contributed by atoms with Gasteiger partial charge in [0, 0.05) is 13.7 Å². The zero-order valence-electron chi connectivity index (χ0n) is 9.11. The average molecular weight is 344 g/mol. The van der Waals surface area contributed by atoms with Gasteiger partial charge in [0.25, 0.3) is 0 Å². The lowest BCUT2D eigenvalue weighted by Crippen LogP contribution is -2.17. The Morgan fingerprint density at radius 2 is 2.29 bits per heavy atom. The molecule has 0 amide bonds. The van der Waals surface area contributed by atoms with E-state index in [1.807, 2.05) is 0 Å². The Labute approximate surface area is 114 Å². The first-order chi connectivity index (χ1) is 7.94. The highest BCUT2D eigenvalue weighted by Crippen LogP contribution is 2.23. The molecule has 0 aliphatic rings. The van der Waals surface area contributed by atoms with Gasteiger partial charge in [-0.15, -0.1) is 0 Å². The summed E-state index contributed by atoms with van der Waals surface area (Å²) in [5.74, 6) is 0.00108. The van der Waals surface area contributed by atoms with Crippen molar-refractivity contribution in [2.24, 2.45) is 0 Å². The molecule has 0 bridgehead atoms. The van der Waals surface area contributed by atoms with Gasteiger partial charge in [-0.05, 0) is 28.4 Å². The molecule has 0 atom stereocenters. The van der Waals surface area contributed by atoms with Crippen molar-refractivity contribution in [3.05, 3.63) is 21.9 Å². The fourth-order valence-corrected chi connectivity index (χ4v) is 2.62. The van der Waals surface area contributed by atoms with Gasteiger partial charge >= 0.3 is 0 Å². The predicted molar refractivity (Wildman–Crippen MR) is 70.8 cm³/mol. The first-order valence-electron chi connectivity index (χ1n) is 4.75. The molecule has 5 nitrogen and oxygen atoms in total. The fourth-order valence-electron chi connectivity index (χ4n) is 1.10. The van der Waals surface area contributed by atoms with Crippen molar-refractivity contribution in [1.82, 2.24) is 4.98 Å². The number of nitrogens with zero attached hydrogens (tertiary/aromatic N) is 1. The molecular formula is C9H12BrClN2O3S. The number of nitrogens with one attached hydrogen (secondary N) is 1. The summed E-state index contributed by atoms with van der Waals surface area (Å²) in [7, 11) is -1.84. The average Bonchev–Trinajstić information content (AvgIpc) is 2.23. The highest BCUT2D eigenvalue weighted by Gasteiger charge is 2.11. The molecule has 1 aromatic rings. The Balaban J connectivity index is 2.66. The van der Waals surface area contributed by atoms with Crippen molar-refractivity contribution in [3.8, 4) is 0 Å². The Morgan fingerprint density at radius 3 is 2.88 bits per heavy atom. The topological polar surface area (TPSA) is 68.3 Å². The number of hydrogen-bond donors (Lipinski definition) is 1. The molecule has 0 radical (unpaired) electrons. The first-order valence-corrected chi connectivity index (χ1v) is 7.57. The smallest absolute Gasteiger partial charge is 0.232 e. The van der Waals surface area contributed by atoms with E-state index in [9.17, 15) is 8.42 Å². The van der Waals surface area contributed by atoms with Crippen LogP contribution in [-0.4, -0.2) is 32.9 Å². The van der Waals surface area contributed by atoms with Crippen molar-refractivity contribution >= 4 is 43.2 Å². The SMILES string of the molecule is COCCCS(=O)(=O)Nc1cnc(Cl)c(Br)c1. The Morgan fingerprint density at radius 1 is 1.59 bits per heavy atom. The summed E-state index contributed by atoms with van der Waals surface area (Å²) in [6.07, 6.45) is 1.80. The van der Waals surface area contributed by atoms with Gasteiger partial charge in [-0.1, -0.05) is 11.6 Å². The second-order valence-electron chi connectivity index (χ2n) is 3.26. The fraction of sp³-hybridized carbons (Fsp3) is 0.444. The summed E-state index contributed by atoms with van der Waals surface area (Å²) >= 11 is 8.87. The van der Waals surface area contributed by atoms with Crippen LogP contribution in [0.15, 0.2) is 16.7 Å². The van der Waals surface area contributed by atoms with E-state index >= 15 is 0 Å². The molecule has 96 valence electrons. The monoisotopic (exact) mass is 342 g/mol. The minimum atomic E-state index is -3.37. The largest absolute Gasteiger partial charge is 0.385 e. The van der Waals surface area contributed by atoms with Gasteiger partial charge < -0.3 is 4.74 Å². The van der Waals surface area contributed by atoms with Crippen LogP contribution in [0, 0.1) is 0 Å². The Hall–Kier alpha value is -0.370. The van der Waals surface area contributed by atoms with E-state index in [0.29, 0.717) is 23.2 Å². The molecule has 0 aliphatic carbocycles. The van der Waals surface area contributed by atoms with Crippen LogP contribution in [0.3, 0.4) is 0 Å². The van der Waals surface area contributed by atoms with E-state index in [2.05, 4.69) is 25.6 Å². The number of ether oxygens (including phenoxy) is 1. The number of sulfonamides is 1. The minimum Gasteiger partial charge on any atom is -0.385 e. The molecule has 0 aromatic carbocycles. The van der Waals surface area contributed by atoms with Crippen molar-refractivity contribution in [2.75, 3.05) is 24.2 Å². The van der Waals surface area contributed by atoms with Crippen LogP contribution in [-0.2, 0) is 14.8 Å². The lowest BCUT2D eigenvalue weighted by molar-refractivity contribution is 0.199. The van der Waals surface area contributed by atoms with Crippen LogP contribution in [0.25, 0.3) is 0 Å².